The van der Waals surface area contributed by atoms with Crippen LogP contribution in [0.25, 0.3) is 11.0 Å². The van der Waals surface area contributed by atoms with Gasteiger partial charge in [-0.1, -0.05) is 31.2 Å². The van der Waals surface area contributed by atoms with Crippen LogP contribution in [0, 0.1) is 0 Å². The van der Waals surface area contributed by atoms with Crippen LogP contribution in [0.4, 0.5) is 0 Å². The lowest BCUT2D eigenvalue weighted by atomic mass is 10.2. The molecule has 0 aliphatic carbocycles. The average molecular weight is 337 g/mol. The van der Waals surface area contributed by atoms with E-state index >= 15 is 0 Å². The Morgan fingerprint density at radius 2 is 1.92 bits per heavy atom. The largest absolute Gasteiger partial charge is 0.497 e. The number of nitrogens with zero attached hydrogens (tertiary/aromatic N) is 2. The van der Waals surface area contributed by atoms with Gasteiger partial charge in [0.25, 0.3) is 0 Å². The SMILES string of the molecule is CCCc1nc2ccccc2n1CC(=O)NCc1ccc(OC)cc1. The lowest BCUT2D eigenvalue weighted by Crippen LogP contribution is -2.27. The number of amides is 1. The predicted octanol–water partition coefficient (Wildman–Crippen LogP) is 3.31. The van der Waals surface area contributed by atoms with Crippen molar-refractivity contribution in [3.05, 3.63) is 59.9 Å². The number of para-hydroxylation sites is 2. The Morgan fingerprint density at radius 3 is 2.64 bits per heavy atom. The van der Waals surface area contributed by atoms with Crippen molar-refractivity contribution in [3.8, 4) is 5.75 Å². The number of ether oxygens (including phenoxy) is 1. The van der Waals surface area contributed by atoms with Crippen LogP contribution >= 0.6 is 0 Å². The summed E-state index contributed by atoms with van der Waals surface area (Å²) in [6.45, 7) is 2.90. The molecule has 130 valence electrons. The van der Waals surface area contributed by atoms with E-state index in [9.17, 15) is 4.79 Å². The average Bonchev–Trinajstić information content (AvgIpc) is 2.98. The molecule has 0 aliphatic heterocycles. The Morgan fingerprint density at radius 1 is 1.16 bits per heavy atom. The Bertz CT molecular complexity index is 853. The second-order valence-corrected chi connectivity index (χ2v) is 5.98. The van der Waals surface area contributed by atoms with E-state index in [-0.39, 0.29) is 12.5 Å². The van der Waals surface area contributed by atoms with Gasteiger partial charge in [-0.25, -0.2) is 4.98 Å². The molecule has 5 heteroatoms. The summed E-state index contributed by atoms with van der Waals surface area (Å²) in [6.07, 6.45) is 1.86. The lowest BCUT2D eigenvalue weighted by Gasteiger charge is -2.10. The molecular formula is C20H23N3O2. The Balaban J connectivity index is 1.69. The number of methoxy groups -OCH3 is 1. The molecule has 0 atom stereocenters. The first-order valence-corrected chi connectivity index (χ1v) is 8.55. The van der Waals surface area contributed by atoms with Crippen LogP contribution in [0.2, 0.25) is 0 Å². The van der Waals surface area contributed by atoms with E-state index in [2.05, 4.69) is 17.2 Å². The molecule has 0 saturated carbocycles. The number of aromatic nitrogens is 2. The summed E-state index contributed by atoms with van der Waals surface area (Å²) in [7, 11) is 1.64. The number of aryl methyl sites for hydroxylation is 1. The Hall–Kier alpha value is -2.82. The van der Waals surface area contributed by atoms with E-state index < -0.39 is 0 Å². The molecule has 0 aliphatic rings. The van der Waals surface area contributed by atoms with Crippen LogP contribution in [0.3, 0.4) is 0 Å². The van der Waals surface area contributed by atoms with E-state index in [0.717, 1.165) is 41.0 Å². The number of nitrogens with one attached hydrogen (secondary N) is 1. The van der Waals surface area contributed by atoms with E-state index in [1.165, 1.54) is 0 Å². The number of hydrogen-bond donors (Lipinski definition) is 1. The molecule has 2 aromatic carbocycles. The molecule has 0 fully saturated rings. The number of rotatable bonds is 7. The van der Waals surface area contributed by atoms with Gasteiger partial charge in [-0.3, -0.25) is 4.79 Å². The van der Waals surface area contributed by atoms with Gasteiger partial charge in [0.05, 0.1) is 18.1 Å². The first-order valence-electron chi connectivity index (χ1n) is 8.55. The quantitative estimate of drug-likeness (QED) is 0.719. The molecule has 3 rings (SSSR count). The van der Waals surface area contributed by atoms with E-state index in [1.807, 2.05) is 53.1 Å². The van der Waals surface area contributed by atoms with Crippen molar-refractivity contribution < 1.29 is 9.53 Å². The summed E-state index contributed by atoms with van der Waals surface area (Å²) in [5, 5.41) is 2.98. The van der Waals surface area contributed by atoms with Crippen LogP contribution in [0.15, 0.2) is 48.5 Å². The fourth-order valence-corrected chi connectivity index (χ4v) is 2.86. The second-order valence-electron chi connectivity index (χ2n) is 5.98. The molecule has 1 aromatic heterocycles. The van der Waals surface area contributed by atoms with Crippen LogP contribution in [0.5, 0.6) is 5.75 Å². The van der Waals surface area contributed by atoms with Crippen molar-refractivity contribution >= 4 is 16.9 Å². The fraction of sp³-hybridized carbons (Fsp3) is 0.300. The van der Waals surface area contributed by atoms with E-state index in [0.29, 0.717) is 6.54 Å². The molecule has 0 saturated heterocycles. The van der Waals surface area contributed by atoms with Gasteiger partial charge >= 0.3 is 0 Å². The van der Waals surface area contributed by atoms with Gasteiger partial charge in [-0.2, -0.15) is 0 Å². The molecular weight excluding hydrogens is 314 g/mol. The zero-order chi connectivity index (χ0) is 17.6. The minimum absolute atomic E-state index is 0.0173. The number of benzene rings is 2. The van der Waals surface area contributed by atoms with Gasteiger partial charge in [0.15, 0.2) is 0 Å². The number of hydrogen-bond acceptors (Lipinski definition) is 3. The minimum Gasteiger partial charge on any atom is -0.497 e. The van der Waals surface area contributed by atoms with Crippen LogP contribution in [-0.2, 0) is 24.3 Å². The summed E-state index contributed by atoms with van der Waals surface area (Å²) in [5.74, 6) is 1.75. The summed E-state index contributed by atoms with van der Waals surface area (Å²) in [6, 6.07) is 15.6. The summed E-state index contributed by atoms with van der Waals surface area (Å²) >= 11 is 0. The van der Waals surface area contributed by atoms with Gasteiger partial charge in [-0.05, 0) is 36.2 Å². The molecule has 25 heavy (non-hydrogen) atoms. The number of carbonyl (C=O) groups is 1. The van der Waals surface area contributed by atoms with Crippen LogP contribution in [0.1, 0.15) is 24.7 Å². The minimum atomic E-state index is -0.0173. The fourth-order valence-electron chi connectivity index (χ4n) is 2.86. The first-order chi connectivity index (χ1) is 12.2. The van der Waals surface area contributed by atoms with E-state index in [4.69, 9.17) is 4.74 Å². The third-order valence-corrected chi connectivity index (χ3v) is 4.16. The molecule has 0 unspecified atom stereocenters. The molecule has 0 spiro atoms. The van der Waals surface area contributed by atoms with Gasteiger partial charge in [0.2, 0.25) is 5.91 Å². The topological polar surface area (TPSA) is 56.2 Å². The number of carbonyl (C=O) groups excluding carboxylic acids is 1. The Labute approximate surface area is 147 Å². The monoisotopic (exact) mass is 337 g/mol. The highest BCUT2D eigenvalue weighted by Crippen LogP contribution is 2.17. The van der Waals surface area contributed by atoms with Gasteiger partial charge < -0.3 is 14.6 Å². The summed E-state index contributed by atoms with van der Waals surface area (Å²) < 4.78 is 7.16. The van der Waals surface area contributed by atoms with Gasteiger partial charge in [-0.15, -0.1) is 0 Å². The molecule has 0 radical (unpaired) electrons. The maximum absolute atomic E-state index is 12.4. The van der Waals surface area contributed by atoms with Gasteiger partial charge in [0.1, 0.15) is 18.1 Å². The van der Waals surface area contributed by atoms with Crippen molar-refractivity contribution in [1.29, 1.82) is 0 Å². The lowest BCUT2D eigenvalue weighted by molar-refractivity contribution is -0.121. The molecule has 1 heterocycles. The van der Waals surface area contributed by atoms with Crippen molar-refractivity contribution in [2.45, 2.75) is 32.9 Å². The molecule has 0 bridgehead atoms. The molecule has 3 aromatic rings. The third kappa shape index (κ3) is 3.99. The Kier molecular flexibility index (Phi) is 5.33. The third-order valence-electron chi connectivity index (χ3n) is 4.16. The van der Waals surface area contributed by atoms with E-state index in [1.54, 1.807) is 7.11 Å². The smallest absolute Gasteiger partial charge is 0.240 e. The highest BCUT2D eigenvalue weighted by Gasteiger charge is 2.12. The van der Waals surface area contributed by atoms with Crippen molar-refractivity contribution in [2.24, 2.45) is 0 Å². The molecule has 1 N–H and O–H groups in total. The zero-order valence-electron chi connectivity index (χ0n) is 14.7. The van der Waals surface area contributed by atoms with Gasteiger partial charge in [0, 0.05) is 13.0 Å². The zero-order valence-corrected chi connectivity index (χ0v) is 14.7. The highest BCUT2D eigenvalue weighted by atomic mass is 16.5. The maximum Gasteiger partial charge on any atom is 0.240 e. The molecule has 5 nitrogen and oxygen atoms in total. The summed E-state index contributed by atoms with van der Waals surface area (Å²) in [4.78, 5) is 17.1. The highest BCUT2D eigenvalue weighted by molar-refractivity contribution is 5.81. The number of imidazole rings is 1. The van der Waals surface area contributed by atoms with Crippen molar-refractivity contribution in [3.63, 3.8) is 0 Å². The second kappa shape index (κ2) is 7.83. The first kappa shape index (κ1) is 17.0. The predicted molar refractivity (Wildman–Crippen MR) is 98.6 cm³/mol. The normalized spacial score (nSPS) is 10.8. The summed E-state index contributed by atoms with van der Waals surface area (Å²) in [5.41, 5.74) is 2.98. The molecule has 1 amide bonds. The van der Waals surface area contributed by atoms with Crippen molar-refractivity contribution in [2.75, 3.05) is 7.11 Å². The standard InChI is InChI=1S/C20H23N3O2/c1-3-6-19-22-17-7-4-5-8-18(17)23(19)14-20(24)21-13-15-9-11-16(25-2)12-10-15/h4-5,7-12H,3,6,13-14H2,1-2H3,(H,21,24). The van der Waals surface area contributed by atoms with Crippen molar-refractivity contribution in [1.82, 2.24) is 14.9 Å². The number of fused-ring (bicyclic) bond motifs is 1. The van der Waals surface area contributed by atoms with Crippen LogP contribution in [-0.4, -0.2) is 22.6 Å². The van der Waals surface area contributed by atoms with Crippen LogP contribution < -0.4 is 10.1 Å². The maximum atomic E-state index is 12.4.